The van der Waals surface area contributed by atoms with E-state index in [1.54, 1.807) is 19.2 Å². The van der Waals surface area contributed by atoms with Crippen LogP contribution in [0.5, 0.6) is 0 Å². The fourth-order valence-corrected chi connectivity index (χ4v) is 6.94. The number of nitrogens with zero attached hydrogens (tertiary/aromatic N) is 8. The first-order valence-electron chi connectivity index (χ1n) is 15.7. The number of rotatable bonds is 8. The minimum Gasteiger partial charge on any atom is -0.369 e. The van der Waals surface area contributed by atoms with Crippen LogP contribution in [0.4, 0.5) is 11.4 Å². The number of nitriles is 2. The number of piperazine rings is 1. The van der Waals surface area contributed by atoms with Gasteiger partial charge in [-0.3, -0.25) is 9.69 Å². The predicted octanol–water partition coefficient (Wildman–Crippen LogP) is 4.09. The van der Waals surface area contributed by atoms with Gasteiger partial charge in [-0.05, 0) is 81.3 Å². The van der Waals surface area contributed by atoms with Gasteiger partial charge in [0.15, 0.2) is 0 Å². The molecule has 3 heterocycles. The monoisotopic (exact) mass is 578 g/mol. The minimum atomic E-state index is -0.330. The Morgan fingerprint density at radius 3 is 2.19 bits per heavy atom. The summed E-state index contributed by atoms with van der Waals surface area (Å²) < 4.78 is 1.46. The van der Waals surface area contributed by atoms with Crippen molar-refractivity contribution in [3.05, 3.63) is 63.6 Å². The predicted molar refractivity (Wildman–Crippen MR) is 170 cm³/mol. The Morgan fingerprint density at radius 2 is 1.56 bits per heavy atom. The van der Waals surface area contributed by atoms with Gasteiger partial charge < -0.3 is 19.3 Å². The van der Waals surface area contributed by atoms with E-state index in [0.717, 1.165) is 70.9 Å². The molecule has 1 saturated heterocycles. The molecular formula is C34H42N8O. The Morgan fingerprint density at radius 1 is 0.884 bits per heavy atom. The number of hydrogen-bond donors (Lipinski definition) is 0. The van der Waals surface area contributed by atoms with Gasteiger partial charge in [0.05, 0.1) is 11.2 Å². The van der Waals surface area contributed by atoms with Crippen LogP contribution in [0.1, 0.15) is 55.3 Å². The normalized spacial score (nSPS) is 21.3. The second kappa shape index (κ2) is 12.4. The van der Waals surface area contributed by atoms with Crippen LogP contribution in [0.3, 0.4) is 0 Å². The van der Waals surface area contributed by atoms with E-state index in [1.807, 2.05) is 7.05 Å². The highest BCUT2D eigenvalue weighted by Crippen LogP contribution is 2.37. The van der Waals surface area contributed by atoms with E-state index in [1.165, 1.54) is 28.7 Å². The van der Waals surface area contributed by atoms with Crippen molar-refractivity contribution >= 4 is 22.4 Å². The number of aryl methyl sites for hydroxylation is 1. The highest BCUT2D eigenvalue weighted by molar-refractivity contribution is 5.92. The second-order valence-corrected chi connectivity index (χ2v) is 12.8. The average molecular weight is 579 g/mol. The van der Waals surface area contributed by atoms with Crippen LogP contribution in [0.25, 0.3) is 11.0 Å². The van der Waals surface area contributed by atoms with Gasteiger partial charge in [0.2, 0.25) is 0 Å². The van der Waals surface area contributed by atoms with Gasteiger partial charge in [-0.15, -0.1) is 0 Å². The molecule has 6 rings (SSSR count). The van der Waals surface area contributed by atoms with E-state index in [4.69, 9.17) is 0 Å². The highest BCUT2D eigenvalue weighted by Gasteiger charge is 2.33. The molecule has 1 aromatic carbocycles. The number of anilines is 2. The third-order valence-corrected chi connectivity index (χ3v) is 9.87. The first-order valence-corrected chi connectivity index (χ1v) is 15.7. The van der Waals surface area contributed by atoms with E-state index in [2.05, 4.69) is 68.0 Å². The summed E-state index contributed by atoms with van der Waals surface area (Å²) in [6, 6.07) is 17.6. The number of benzene rings is 1. The van der Waals surface area contributed by atoms with Crippen molar-refractivity contribution in [1.29, 1.82) is 10.5 Å². The molecule has 3 aromatic rings. The Labute approximate surface area is 254 Å². The number of fused-ring (bicyclic) bond motifs is 1. The summed E-state index contributed by atoms with van der Waals surface area (Å²) in [6.45, 7) is 6.66. The van der Waals surface area contributed by atoms with Gasteiger partial charge in [-0.1, -0.05) is 12.1 Å². The van der Waals surface area contributed by atoms with E-state index in [0.29, 0.717) is 22.8 Å². The molecular weight excluding hydrogens is 536 g/mol. The van der Waals surface area contributed by atoms with Gasteiger partial charge >= 0.3 is 0 Å². The van der Waals surface area contributed by atoms with Gasteiger partial charge in [-0.2, -0.15) is 10.5 Å². The van der Waals surface area contributed by atoms with Crippen molar-refractivity contribution in [3.63, 3.8) is 0 Å². The van der Waals surface area contributed by atoms with Crippen molar-refractivity contribution in [2.75, 3.05) is 56.6 Å². The molecule has 0 radical (unpaired) electrons. The maximum atomic E-state index is 13.1. The van der Waals surface area contributed by atoms with Crippen molar-refractivity contribution in [2.45, 2.75) is 57.2 Å². The number of hydrogen-bond acceptors (Lipinski definition) is 8. The molecule has 0 spiro atoms. The Bertz CT molecular complexity index is 1600. The second-order valence-electron chi connectivity index (χ2n) is 12.8. The lowest BCUT2D eigenvalue weighted by Crippen LogP contribution is -2.44. The number of aromatic nitrogens is 2. The van der Waals surface area contributed by atoms with Crippen molar-refractivity contribution in [1.82, 2.24) is 19.4 Å². The summed E-state index contributed by atoms with van der Waals surface area (Å²) in [5.74, 6) is 0.788. The first-order chi connectivity index (χ1) is 20.9. The molecule has 0 bridgehead atoms. The zero-order chi connectivity index (χ0) is 30.1. The SMILES string of the molecule is CN1CCN(Cc2ccc(N(CC3CC3)[C@H]3CC[C@H](N(C)c4c(C#N)c(=O)n(C)c5ccc(C#N)nc45)CC3)cc2)CC1. The summed E-state index contributed by atoms with van der Waals surface area (Å²) in [5, 5.41) is 19.5. The van der Waals surface area contributed by atoms with Crippen molar-refractivity contribution < 1.29 is 0 Å². The molecule has 43 heavy (non-hydrogen) atoms. The lowest BCUT2D eigenvalue weighted by Gasteiger charge is -2.42. The topological polar surface area (TPSA) is 95.4 Å². The highest BCUT2D eigenvalue weighted by atomic mass is 16.1. The number of pyridine rings is 2. The maximum Gasteiger partial charge on any atom is 0.270 e. The van der Waals surface area contributed by atoms with Gasteiger partial charge in [0.25, 0.3) is 5.56 Å². The lowest BCUT2D eigenvalue weighted by atomic mass is 9.88. The standard InChI is InChI=1S/C34H42N8O/c1-38-16-18-41(19-17-38)22-24-6-9-28(10-7-24)42(23-25-4-5-25)29-13-11-27(12-14-29)39(2)33-30(21-36)34(43)40(3)31-15-8-26(20-35)37-32(31)33/h6-10,15,25,27,29H,4-5,11-14,16-19,22-23H2,1-3H3/t27-,29-. The third-order valence-electron chi connectivity index (χ3n) is 9.87. The molecule has 3 aliphatic rings. The lowest BCUT2D eigenvalue weighted by molar-refractivity contribution is 0.148. The van der Waals surface area contributed by atoms with Crippen LogP contribution in [0.2, 0.25) is 0 Å². The fraction of sp³-hybridized carbons (Fsp3) is 0.529. The van der Waals surface area contributed by atoms with Crippen LogP contribution in [0, 0.1) is 28.6 Å². The van der Waals surface area contributed by atoms with Crippen LogP contribution in [-0.4, -0.2) is 78.3 Å². The Hall–Kier alpha value is -3.92. The Balaban J connectivity index is 1.18. The molecule has 1 aliphatic heterocycles. The first kappa shape index (κ1) is 29.2. The molecule has 0 N–H and O–H groups in total. The third kappa shape index (κ3) is 6.11. The summed E-state index contributed by atoms with van der Waals surface area (Å²) >= 11 is 0. The summed E-state index contributed by atoms with van der Waals surface area (Å²) in [4.78, 5) is 27.4. The molecule has 9 heteroatoms. The number of likely N-dealkylation sites (N-methyl/N-ethyl adjacent to an activating group) is 1. The summed E-state index contributed by atoms with van der Waals surface area (Å²) in [5.41, 5.74) is 4.46. The van der Waals surface area contributed by atoms with E-state index >= 15 is 0 Å². The van der Waals surface area contributed by atoms with Gasteiger partial charge in [0, 0.05) is 71.1 Å². The smallest absolute Gasteiger partial charge is 0.270 e. The molecule has 2 saturated carbocycles. The van der Waals surface area contributed by atoms with Crippen LogP contribution in [0.15, 0.2) is 41.2 Å². The summed E-state index contributed by atoms with van der Waals surface area (Å²) in [7, 11) is 5.83. The largest absolute Gasteiger partial charge is 0.369 e. The summed E-state index contributed by atoms with van der Waals surface area (Å²) in [6.07, 6.45) is 6.66. The average Bonchev–Trinajstić information content (AvgIpc) is 3.87. The maximum absolute atomic E-state index is 13.1. The minimum absolute atomic E-state index is 0.0919. The van der Waals surface area contributed by atoms with Crippen LogP contribution in [-0.2, 0) is 13.6 Å². The molecule has 0 atom stereocenters. The fourth-order valence-electron chi connectivity index (χ4n) is 6.94. The van der Waals surface area contributed by atoms with Gasteiger partial charge in [-0.25, -0.2) is 4.98 Å². The van der Waals surface area contributed by atoms with E-state index < -0.39 is 0 Å². The van der Waals surface area contributed by atoms with E-state index in [9.17, 15) is 15.3 Å². The molecule has 2 aromatic heterocycles. The quantitative estimate of drug-likeness (QED) is 0.395. The molecule has 224 valence electrons. The molecule has 9 nitrogen and oxygen atoms in total. The molecule has 2 aliphatic carbocycles. The zero-order valence-electron chi connectivity index (χ0n) is 25.7. The van der Waals surface area contributed by atoms with Crippen molar-refractivity contribution in [2.24, 2.45) is 13.0 Å². The molecule has 0 amide bonds. The molecule has 3 fully saturated rings. The van der Waals surface area contributed by atoms with Gasteiger partial charge in [0.1, 0.15) is 28.9 Å². The molecule has 0 unspecified atom stereocenters. The van der Waals surface area contributed by atoms with Crippen molar-refractivity contribution in [3.8, 4) is 12.1 Å². The zero-order valence-corrected chi connectivity index (χ0v) is 25.7. The van der Waals surface area contributed by atoms with Crippen LogP contribution < -0.4 is 15.4 Å². The van der Waals surface area contributed by atoms with Crippen LogP contribution >= 0.6 is 0 Å². The Kier molecular flexibility index (Phi) is 8.38. The van der Waals surface area contributed by atoms with E-state index in [-0.39, 0.29) is 22.9 Å².